The van der Waals surface area contributed by atoms with Crippen molar-refractivity contribution in [1.82, 2.24) is 15.2 Å². The van der Waals surface area contributed by atoms with Gasteiger partial charge < -0.3 is 19.5 Å². The fourth-order valence-corrected chi connectivity index (χ4v) is 5.25. The Bertz CT molecular complexity index is 974. The lowest BCUT2D eigenvalue weighted by Crippen LogP contribution is -2.50. The summed E-state index contributed by atoms with van der Waals surface area (Å²) in [6.45, 7) is 7.11. The summed E-state index contributed by atoms with van der Waals surface area (Å²) in [6, 6.07) is 13.6. The highest BCUT2D eigenvalue weighted by molar-refractivity contribution is 5.68. The minimum atomic E-state index is -0.468. The van der Waals surface area contributed by atoms with Gasteiger partial charge in [-0.1, -0.05) is 24.3 Å². The number of amides is 1. The molecule has 2 aromatic rings. The first kappa shape index (κ1) is 22.0. The van der Waals surface area contributed by atoms with E-state index < -0.39 is 5.60 Å². The Morgan fingerprint density at radius 2 is 1.88 bits per heavy atom. The van der Waals surface area contributed by atoms with E-state index in [-0.39, 0.29) is 18.2 Å². The number of piperidine rings is 1. The summed E-state index contributed by atoms with van der Waals surface area (Å²) in [5, 5.41) is 3.09. The van der Waals surface area contributed by atoms with E-state index in [1.807, 2.05) is 32.9 Å². The van der Waals surface area contributed by atoms with Crippen molar-refractivity contribution < 1.29 is 19.0 Å². The molecule has 1 amide bonds. The number of pyridine rings is 1. The van der Waals surface area contributed by atoms with E-state index in [1.165, 1.54) is 18.4 Å². The Kier molecular flexibility index (Phi) is 5.91. The quantitative estimate of drug-likeness (QED) is 0.732. The first-order valence-corrected chi connectivity index (χ1v) is 11.9. The third kappa shape index (κ3) is 5.08. The molecule has 176 valence electrons. The molecule has 0 spiro atoms. The SMILES string of the molecule is CC(C)(C)OC(=O)N[C@H]1C[C@H]2CC[C@@H](C1)N2Cc1ccc([C@H]2COc3cccnc3O2)cc1. The Hall–Kier alpha value is -2.80. The molecule has 0 unspecified atom stereocenters. The normalized spacial score (nSPS) is 26.6. The average Bonchev–Trinajstić information content (AvgIpc) is 3.00. The van der Waals surface area contributed by atoms with Crippen LogP contribution in [0.15, 0.2) is 42.6 Å². The van der Waals surface area contributed by atoms with Crippen molar-refractivity contribution in [2.45, 2.75) is 82.8 Å². The molecule has 1 aromatic heterocycles. The molecule has 7 nitrogen and oxygen atoms in total. The van der Waals surface area contributed by atoms with Crippen LogP contribution in [0.3, 0.4) is 0 Å². The molecule has 1 aromatic carbocycles. The molecule has 5 rings (SSSR count). The van der Waals surface area contributed by atoms with Gasteiger partial charge in [-0.2, -0.15) is 0 Å². The highest BCUT2D eigenvalue weighted by Crippen LogP contribution is 2.38. The maximum atomic E-state index is 12.2. The second kappa shape index (κ2) is 8.86. The van der Waals surface area contributed by atoms with E-state index in [9.17, 15) is 4.79 Å². The number of fused-ring (bicyclic) bond motifs is 3. The zero-order valence-electron chi connectivity index (χ0n) is 19.6. The zero-order valence-corrected chi connectivity index (χ0v) is 19.6. The predicted octanol–water partition coefficient (Wildman–Crippen LogP) is 4.61. The molecular weight excluding hydrogens is 418 g/mol. The second-order valence-electron chi connectivity index (χ2n) is 10.3. The summed E-state index contributed by atoms with van der Waals surface area (Å²) in [5.41, 5.74) is 1.92. The van der Waals surface area contributed by atoms with Gasteiger partial charge in [-0.15, -0.1) is 0 Å². The molecule has 2 saturated heterocycles. The first-order valence-electron chi connectivity index (χ1n) is 11.9. The third-order valence-electron chi connectivity index (χ3n) is 6.70. The fourth-order valence-electron chi connectivity index (χ4n) is 5.25. The molecule has 1 N–H and O–H groups in total. The van der Waals surface area contributed by atoms with Crippen LogP contribution >= 0.6 is 0 Å². The van der Waals surface area contributed by atoms with Gasteiger partial charge in [-0.3, -0.25) is 4.90 Å². The number of rotatable bonds is 4. The summed E-state index contributed by atoms with van der Waals surface area (Å²) >= 11 is 0. The van der Waals surface area contributed by atoms with Crippen LogP contribution in [0.1, 0.15) is 63.7 Å². The van der Waals surface area contributed by atoms with Crippen molar-refractivity contribution in [2.24, 2.45) is 0 Å². The van der Waals surface area contributed by atoms with Crippen molar-refractivity contribution in [3.63, 3.8) is 0 Å². The molecule has 0 radical (unpaired) electrons. The lowest BCUT2D eigenvalue weighted by molar-refractivity contribution is 0.0436. The maximum absolute atomic E-state index is 12.2. The Labute approximate surface area is 195 Å². The van der Waals surface area contributed by atoms with Crippen LogP contribution < -0.4 is 14.8 Å². The smallest absolute Gasteiger partial charge is 0.407 e. The van der Waals surface area contributed by atoms with Crippen molar-refractivity contribution in [2.75, 3.05) is 6.61 Å². The van der Waals surface area contributed by atoms with Gasteiger partial charge in [0.1, 0.15) is 12.2 Å². The van der Waals surface area contributed by atoms with E-state index in [2.05, 4.69) is 39.5 Å². The zero-order chi connectivity index (χ0) is 23.0. The average molecular weight is 452 g/mol. The minimum absolute atomic E-state index is 0.146. The molecule has 3 aliphatic heterocycles. The molecule has 2 bridgehead atoms. The Morgan fingerprint density at radius 1 is 1.15 bits per heavy atom. The van der Waals surface area contributed by atoms with E-state index in [0.29, 0.717) is 30.3 Å². The van der Waals surface area contributed by atoms with Gasteiger partial charge in [-0.25, -0.2) is 9.78 Å². The number of nitrogens with zero attached hydrogens (tertiary/aromatic N) is 2. The highest BCUT2D eigenvalue weighted by Gasteiger charge is 2.41. The van der Waals surface area contributed by atoms with Crippen LogP contribution in [0.25, 0.3) is 0 Å². The lowest BCUT2D eigenvalue weighted by atomic mass is 9.96. The van der Waals surface area contributed by atoms with Crippen molar-refractivity contribution >= 4 is 6.09 Å². The van der Waals surface area contributed by atoms with Gasteiger partial charge in [0, 0.05) is 30.9 Å². The van der Waals surface area contributed by atoms with Crippen LogP contribution in [0.4, 0.5) is 4.79 Å². The van der Waals surface area contributed by atoms with Crippen LogP contribution in [0, 0.1) is 0 Å². The Balaban J connectivity index is 1.17. The number of benzene rings is 1. The third-order valence-corrected chi connectivity index (χ3v) is 6.70. The van der Waals surface area contributed by atoms with Crippen LogP contribution in [0.2, 0.25) is 0 Å². The summed E-state index contributed by atoms with van der Waals surface area (Å²) < 4.78 is 17.3. The summed E-state index contributed by atoms with van der Waals surface area (Å²) in [5.74, 6) is 1.25. The number of nitrogens with one attached hydrogen (secondary N) is 1. The van der Waals surface area contributed by atoms with Gasteiger partial charge in [0.05, 0.1) is 0 Å². The fraction of sp³-hybridized carbons (Fsp3) is 0.538. The summed E-state index contributed by atoms with van der Waals surface area (Å²) in [7, 11) is 0. The molecule has 3 aliphatic rings. The molecule has 0 saturated carbocycles. The number of carbonyl (C=O) groups is 1. The van der Waals surface area contributed by atoms with Crippen molar-refractivity contribution in [3.8, 4) is 11.6 Å². The van der Waals surface area contributed by atoms with E-state index in [1.54, 1.807) is 6.20 Å². The van der Waals surface area contributed by atoms with E-state index in [0.717, 1.165) is 24.9 Å². The number of aromatic nitrogens is 1. The van der Waals surface area contributed by atoms with Crippen LogP contribution in [-0.4, -0.2) is 46.3 Å². The molecule has 7 heteroatoms. The van der Waals surface area contributed by atoms with E-state index in [4.69, 9.17) is 14.2 Å². The molecule has 33 heavy (non-hydrogen) atoms. The number of alkyl carbamates (subject to hydrolysis) is 1. The number of carbonyl (C=O) groups excluding carboxylic acids is 1. The van der Waals surface area contributed by atoms with Crippen LogP contribution in [-0.2, 0) is 11.3 Å². The van der Waals surface area contributed by atoms with E-state index >= 15 is 0 Å². The molecular formula is C26H33N3O4. The van der Waals surface area contributed by atoms with Crippen molar-refractivity contribution in [1.29, 1.82) is 0 Å². The minimum Gasteiger partial charge on any atom is -0.484 e. The van der Waals surface area contributed by atoms with Gasteiger partial charge in [-0.05, 0) is 69.7 Å². The molecule has 0 aliphatic carbocycles. The maximum Gasteiger partial charge on any atom is 0.407 e. The van der Waals surface area contributed by atoms with Gasteiger partial charge in [0.25, 0.3) is 5.88 Å². The standard InChI is InChI=1S/C26H33N3O4/c1-26(2,3)33-25(30)28-19-13-20-10-11-21(14-19)29(20)15-17-6-8-18(9-7-17)23-16-31-22-5-4-12-27-24(22)32-23/h4-9,12,19-21,23H,10-11,13-16H2,1-3H3,(H,28,30)/t19-,20+,21-,23-/m1/s1. The number of ether oxygens (including phenoxy) is 3. The largest absolute Gasteiger partial charge is 0.484 e. The molecule has 4 atom stereocenters. The highest BCUT2D eigenvalue weighted by atomic mass is 16.6. The van der Waals surface area contributed by atoms with Gasteiger partial charge in [0.2, 0.25) is 0 Å². The first-order chi connectivity index (χ1) is 15.8. The molecule has 4 heterocycles. The Morgan fingerprint density at radius 3 is 2.58 bits per heavy atom. The van der Waals surface area contributed by atoms with Gasteiger partial charge >= 0.3 is 6.09 Å². The lowest BCUT2D eigenvalue weighted by Gasteiger charge is -2.39. The van der Waals surface area contributed by atoms with Gasteiger partial charge in [0.15, 0.2) is 11.9 Å². The van der Waals surface area contributed by atoms with Crippen molar-refractivity contribution in [3.05, 3.63) is 53.7 Å². The monoisotopic (exact) mass is 451 g/mol. The number of hydrogen-bond donors (Lipinski definition) is 1. The summed E-state index contributed by atoms with van der Waals surface area (Å²) in [6.07, 6.45) is 5.61. The molecule has 2 fully saturated rings. The summed E-state index contributed by atoms with van der Waals surface area (Å²) in [4.78, 5) is 19.1. The van der Waals surface area contributed by atoms with Crippen LogP contribution in [0.5, 0.6) is 11.6 Å². The second-order valence-corrected chi connectivity index (χ2v) is 10.3. The topological polar surface area (TPSA) is 72.9 Å². The predicted molar refractivity (Wildman–Crippen MR) is 124 cm³/mol. The number of hydrogen-bond acceptors (Lipinski definition) is 6.